The molecule has 1 N–H and O–H groups in total. The van der Waals surface area contributed by atoms with Gasteiger partial charge in [0.15, 0.2) is 0 Å². The van der Waals surface area contributed by atoms with Crippen LogP contribution in [0.5, 0.6) is 0 Å². The number of fused-ring (bicyclic) bond motifs is 1. The molecule has 5 heteroatoms. The molecule has 0 spiro atoms. The van der Waals surface area contributed by atoms with Crippen LogP contribution in [0.1, 0.15) is 24.0 Å². The summed E-state index contributed by atoms with van der Waals surface area (Å²) in [5.74, 6) is -0.229. The van der Waals surface area contributed by atoms with Gasteiger partial charge in [0.25, 0.3) is 0 Å². The summed E-state index contributed by atoms with van der Waals surface area (Å²) in [6, 6.07) is 0. The van der Waals surface area contributed by atoms with Crippen LogP contribution >= 0.6 is 0 Å². The summed E-state index contributed by atoms with van der Waals surface area (Å²) in [4.78, 5) is 19.4. The highest BCUT2D eigenvalue weighted by Gasteiger charge is 2.12. The van der Waals surface area contributed by atoms with Crippen LogP contribution in [0.25, 0.3) is 17.1 Å². The maximum Gasteiger partial charge on any atom is 0.328 e. The molecular formula is C13H15N3O2. The third kappa shape index (κ3) is 2.11. The molecule has 2 heterocycles. The van der Waals surface area contributed by atoms with Gasteiger partial charge in [0.05, 0.1) is 5.69 Å². The molecule has 0 amide bonds. The maximum atomic E-state index is 10.6. The number of aliphatic carboxylic acids is 1. The molecule has 0 saturated carbocycles. The zero-order valence-corrected chi connectivity index (χ0v) is 10.6. The zero-order chi connectivity index (χ0) is 13.3. The SMILES string of the molecule is CCc1nc(C)nc2c1c(/C=C/C(=O)O)cn2C. The molecule has 0 radical (unpaired) electrons. The second-order valence-corrected chi connectivity index (χ2v) is 4.14. The Balaban J connectivity index is 2.72. The average Bonchev–Trinajstić information content (AvgIpc) is 2.63. The Morgan fingerprint density at radius 1 is 1.50 bits per heavy atom. The number of aromatic nitrogens is 3. The lowest BCUT2D eigenvalue weighted by Gasteiger charge is -2.02. The van der Waals surface area contributed by atoms with Crippen molar-refractivity contribution in [1.82, 2.24) is 14.5 Å². The van der Waals surface area contributed by atoms with Crippen LogP contribution in [-0.2, 0) is 18.3 Å². The molecule has 0 aliphatic heterocycles. The number of rotatable bonds is 3. The van der Waals surface area contributed by atoms with Gasteiger partial charge in [-0.2, -0.15) is 0 Å². The minimum absolute atomic E-state index is 0.731. The number of carboxylic acids is 1. The molecule has 2 aromatic rings. The van der Waals surface area contributed by atoms with Crippen LogP contribution in [0, 0.1) is 6.92 Å². The fourth-order valence-electron chi connectivity index (χ4n) is 2.04. The van der Waals surface area contributed by atoms with Crippen LogP contribution in [0.2, 0.25) is 0 Å². The summed E-state index contributed by atoms with van der Waals surface area (Å²) < 4.78 is 1.89. The van der Waals surface area contributed by atoms with E-state index in [2.05, 4.69) is 9.97 Å². The predicted molar refractivity (Wildman–Crippen MR) is 69.3 cm³/mol. The van der Waals surface area contributed by atoms with Gasteiger partial charge in [0, 0.05) is 30.3 Å². The van der Waals surface area contributed by atoms with Crippen molar-refractivity contribution in [3.8, 4) is 0 Å². The lowest BCUT2D eigenvalue weighted by molar-refractivity contribution is -0.131. The predicted octanol–water partition coefficient (Wildman–Crippen LogP) is 1.94. The zero-order valence-electron chi connectivity index (χ0n) is 10.6. The van der Waals surface area contributed by atoms with Gasteiger partial charge in [-0.1, -0.05) is 6.92 Å². The molecule has 18 heavy (non-hydrogen) atoms. The lowest BCUT2D eigenvalue weighted by atomic mass is 10.1. The monoisotopic (exact) mass is 245 g/mol. The summed E-state index contributed by atoms with van der Waals surface area (Å²) in [7, 11) is 1.90. The molecule has 0 bridgehead atoms. The first-order valence-electron chi connectivity index (χ1n) is 5.76. The number of carbonyl (C=O) groups is 1. The van der Waals surface area contributed by atoms with Crippen molar-refractivity contribution < 1.29 is 9.90 Å². The molecule has 94 valence electrons. The molecule has 0 aliphatic rings. The van der Waals surface area contributed by atoms with Gasteiger partial charge in [0.1, 0.15) is 11.5 Å². The van der Waals surface area contributed by atoms with Crippen LogP contribution < -0.4 is 0 Å². The van der Waals surface area contributed by atoms with Crippen LogP contribution in [0.4, 0.5) is 0 Å². The molecular weight excluding hydrogens is 230 g/mol. The number of hydrogen-bond donors (Lipinski definition) is 1. The standard InChI is InChI=1S/C13H15N3O2/c1-4-10-12-9(5-6-11(17)18)7-16(3)13(12)15-8(2)14-10/h5-7H,4H2,1-3H3,(H,17,18)/b6-5+. The first-order valence-corrected chi connectivity index (χ1v) is 5.76. The number of carboxylic acid groups (broad SMARTS) is 1. The van der Waals surface area contributed by atoms with E-state index in [-0.39, 0.29) is 0 Å². The molecule has 5 nitrogen and oxygen atoms in total. The van der Waals surface area contributed by atoms with Gasteiger partial charge in [-0.3, -0.25) is 0 Å². The second kappa shape index (κ2) is 4.60. The summed E-state index contributed by atoms with van der Waals surface area (Å²) in [6.07, 6.45) is 5.38. The van der Waals surface area contributed by atoms with Crippen LogP contribution in [0.3, 0.4) is 0 Å². The van der Waals surface area contributed by atoms with E-state index in [1.165, 1.54) is 0 Å². The average molecular weight is 245 g/mol. The summed E-state index contributed by atoms with van der Waals surface area (Å²) in [5, 5.41) is 9.63. The van der Waals surface area contributed by atoms with E-state index in [0.29, 0.717) is 0 Å². The summed E-state index contributed by atoms with van der Waals surface area (Å²) >= 11 is 0. The van der Waals surface area contributed by atoms with Crippen molar-refractivity contribution in [2.75, 3.05) is 0 Å². The Hall–Kier alpha value is -2.17. The minimum atomic E-state index is -0.960. The molecule has 2 rings (SSSR count). The Bertz CT molecular complexity index is 641. The molecule has 0 aromatic carbocycles. The highest BCUT2D eigenvalue weighted by atomic mass is 16.4. The number of aryl methyl sites for hydroxylation is 3. The maximum absolute atomic E-state index is 10.6. The highest BCUT2D eigenvalue weighted by molar-refractivity contribution is 5.93. The Kier molecular flexibility index (Phi) is 3.14. The Labute approximate surface area is 105 Å². The molecule has 0 atom stereocenters. The lowest BCUT2D eigenvalue weighted by Crippen LogP contribution is -1.98. The van der Waals surface area contributed by atoms with Gasteiger partial charge in [0.2, 0.25) is 0 Å². The van der Waals surface area contributed by atoms with Gasteiger partial charge < -0.3 is 9.67 Å². The van der Waals surface area contributed by atoms with Gasteiger partial charge in [-0.25, -0.2) is 14.8 Å². The molecule has 0 unspecified atom stereocenters. The van der Waals surface area contributed by atoms with Crippen molar-refractivity contribution in [1.29, 1.82) is 0 Å². The fourth-order valence-corrected chi connectivity index (χ4v) is 2.04. The summed E-state index contributed by atoms with van der Waals surface area (Å²) in [5.41, 5.74) is 2.62. The van der Waals surface area contributed by atoms with E-state index >= 15 is 0 Å². The Morgan fingerprint density at radius 2 is 2.22 bits per heavy atom. The van der Waals surface area contributed by atoms with E-state index in [4.69, 9.17) is 5.11 Å². The van der Waals surface area contributed by atoms with Crippen LogP contribution in [-0.4, -0.2) is 25.6 Å². The molecule has 2 aromatic heterocycles. The highest BCUT2D eigenvalue weighted by Crippen LogP contribution is 2.23. The minimum Gasteiger partial charge on any atom is -0.478 e. The van der Waals surface area contributed by atoms with Crippen molar-refractivity contribution in [3.05, 3.63) is 29.4 Å². The van der Waals surface area contributed by atoms with E-state index in [1.54, 1.807) is 6.08 Å². The van der Waals surface area contributed by atoms with Gasteiger partial charge in [-0.05, 0) is 19.4 Å². The van der Waals surface area contributed by atoms with E-state index in [9.17, 15) is 4.79 Å². The number of nitrogens with zero attached hydrogens (tertiary/aromatic N) is 3. The van der Waals surface area contributed by atoms with Crippen LogP contribution in [0.15, 0.2) is 12.3 Å². The van der Waals surface area contributed by atoms with Crippen molar-refractivity contribution in [2.24, 2.45) is 7.05 Å². The largest absolute Gasteiger partial charge is 0.478 e. The first-order chi connectivity index (χ1) is 8.52. The first kappa shape index (κ1) is 12.3. The van der Waals surface area contributed by atoms with E-state index in [0.717, 1.165) is 40.6 Å². The molecule has 0 aliphatic carbocycles. The second-order valence-electron chi connectivity index (χ2n) is 4.14. The van der Waals surface area contributed by atoms with Crippen molar-refractivity contribution >= 4 is 23.1 Å². The number of hydrogen-bond acceptors (Lipinski definition) is 3. The Morgan fingerprint density at radius 3 is 2.83 bits per heavy atom. The van der Waals surface area contributed by atoms with Gasteiger partial charge in [-0.15, -0.1) is 0 Å². The third-order valence-electron chi connectivity index (χ3n) is 2.77. The van der Waals surface area contributed by atoms with Gasteiger partial charge >= 0.3 is 5.97 Å². The van der Waals surface area contributed by atoms with E-state index in [1.807, 2.05) is 31.7 Å². The third-order valence-corrected chi connectivity index (χ3v) is 2.77. The van der Waals surface area contributed by atoms with E-state index < -0.39 is 5.97 Å². The van der Waals surface area contributed by atoms with Crippen molar-refractivity contribution in [3.63, 3.8) is 0 Å². The quantitative estimate of drug-likeness (QED) is 0.839. The smallest absolute Gasteiger partial charge is 0.328 e. The van der Waals surface area contributed by atoms with Crippen molar-refractivity contribution in [2.45, 2.75) is 20.3 Å². The topological polar surface area (TPSA) is 68.0 Å². The normalized spacial score (nSPS) is 11.5. The fraction of sp³-hybridized carbons (Fsp3) is 0.308. The molecule has 0 fully saturated rings. The molecule has 0 saturated heterocycles. The summed E-state index contributed by atoms with van der Waals surface area (Å²) in [6.45, 7) is 3.89.